The molecule has 3 N–H and O–H groups in total. The number of hydrogen-bond donors (Lipinski definition) is 2. The molecule has 0 unspecified atom stereocenters. The molecular weight excluding hydrogens is 265 g/mol. The Morgan fingerprint density at radius 1 is 1.50 bits per heavy atom. The van der Waals surface area contributed by atoms with Crippen molar-refractivity contribution in [3.8, 4) is 5.75 Å². The van der Waals surface area contributed by atoms with Gasteiger partial charge in [-0.15, -0.1) is 0 Å². The number of hydrogen-bond acceptors (Lipinski definition) is 2. The molecule has 0 saturated heterocycles. The predicted octanol–water partition coefficient (Wildman–Crippen LogP) is 1.94. The van der Waals surface area contributed by atoms with E-state index in [2.05, 4.69) is 28.7 Å². The average molecular weight is 275 g/mol. The molecule has 1 atom stereocenters. The van der Waals surface area contributed by atoms with Crippen molar-refractivity contribution in [2.24, 2.45) is 5.73 Å². The van der Waals surface area contributed by atoms with E-state index in [0.29, 0.717) is 5.75 Å². The summed E-state index contributed by atoms with van der Waals surface area (Å²) in [4.78, 5) is 0. The molecule has 0 aromatic heterocycles. The number of phenolic OH excluding ortho intramolecular Hbond substituents is 1. The lowest BCUT2D eigenvalue weighted by Crippen LogP contribution is -2.05. The summed E-state index contributed by atoms with van der Waals surface area (Å²) < 4.78 is 1.06. The second-order valence-electron chi connectivity index (χ2n) is 3.14. The van der Waals surface area contributed by atoms with Gasteiger partial charge in [0.25, 0.3) is 0 Å². The molecule has 0 fully saturated rings. The Morgan fingerprint density at radius 3 is 3.00 bits per heavy atom. The van der Waals surface area contributed by atoms with Crippen LogP contribution >= 0.6 is 22.6 Å². The molecule has 64 valence electrons. The van der Waals surface area contributed by atoms with E-state index < -0.39 is 0 Å². The predicted molar refractivity (Wildman–Crippen MR) is 56.1 cm³/mol. The van der Waals surface area contributed by atoms with Crippen LogP contribution in [-0.4, -0.2) is 5.11 Å². The zero-order valence-electron chi connectivity index (χ0n) is 6.55. The lowest BCUT2D eigenvalue weighted by atomic mass is 10.1. The van der Waals surface area contributed by atoms with Crippen molar-refractivity contribution in [1.29, 1.82) is 0 Å². The summed E-state index contributed by atoms with van der Waals surface area (Å²) in [5.41, 5.74) is 8.04. The summed E-state index contributed by atoms with van der Waals surface area (Å²) in [6.07, 6.45) is 1.88. The second kappa shape index (κ2) is 2.88. The molecule has 0 heterocycles. The largest absolute Gasteiger partial charge is 0.508 e. The molecule has 12 heavy (non-hydrogen) atoms. The van der Waals surface area contributed by atoms with Gasteiger partial charge in [-0.1, -0.05) is 0 Å². The first-order chi connectivity index (χ1) is 5.68. The van der Waals surface area contributed by atoms with Gasteiger partial charge in [-0.3, -0.25) is 0 Å². The Balaban J connectivity index is 2.60. The molecule has 0 saturated carbocycles. The molecule has 2 rings (SSSR count). The zero-order valence-corrected chi connectivity index (χ0v) is 8.71. The summed E-state index contributed by atoms with van der Waals surface area (Å²) in [5.74, 6) is 0.407. The fourth-order valence-corrected chi connectivity index (χ4v) is 2.33. The molecule has 0 amide bonds. The Labute approximate surface area is 84.9 Å². The number of aromatic hydroxyl groups is 1. The molecule has 1 aliphatic rings. The molecule has 0 bridgehead atoms. The Bertz CT molecular complexity index is 325. The van der Waals surface area contributed by atoms with Gasteiger partial charge in [0.15, 0.2) is 0 Å². The number of halogens is 1. The highest BCUT2D eigenvalue weighted by Crippen LogP contribution is 2.36. The fraction of sp³-hybridized carbons (Fsp3) is 0.333. The minimum atomic E-state index is 0.126. The van der Waals surface area contributed by atoms with Crippen LogP contribution in [0.2, 0.25) is 0 Å². The van der Waals surface area contributed by atoms with Crippen LogP contribution in [0, 0.1) is 3.57 Å². The van der Waals surface area contributed by atoms with Gasteiger partial charge in [-0.25, -0.2) is 0 Å². The van der Waals surface area contributed by atoms with E-state index in [1.54, 1.807) is 6.07 Å². The summed E-state index contributed by atoms with van der Waals surface area (Å²) in [6, 6.07) is 3.98. The van der Waals surface area contributed by atoms with Crippen LogP contribution in [0.5, 0.6) is 5.75 Å². The fourth-order valence-electron chi connectivity index (χ4n) is 1.70. The first-order valence-corrected chi connectivity index (χ1v) is 5.03. The van der Waals surface area contributed by atoms with Crippen molar-refractivity contribution in [2.75, 3.05) is 0 Å². The lowest BCUT2D eigenvalue weighted by molar-refractivity contribution is 0.468. The number of benzene rings is 1. The van der Waals surface area contributed by atoms with Crippen molar-refractivity contribution in [3.05, 3.63) is 26.8 Å². The monoisotopic (exact) mass is 275 g/mol. The van der Waals surface area contributed by atoms with Gasteiger partial charge >= 0.3 is 0 Å². The molecule has 2 nitrogen and oxygen atoms in total. The van der Waals surface area contributed by atoms with Crippen molar-refractivity contribution in [2.45, 2.75) is 18.9 Å². The quantitative estimate of drug-likeness (QED) is 0.711. The minimum absolute atomic E-state index is 0.126. The molecule has 3 heteroatoms. The summed E-state index contributed by atoms with van der Waals surface area (Å²) >= 11 is 2.19. The van der Waals surface area contributed by atoms with Crippen LogP contribution in [0.1, 0.15) is 23.6 Å². The first kappa shape index (κ1) is 8.31. The van der Waals surface area contributed by atoms with Crippen LogP contribution in [0.25, 0.3) is 0 Å². The maximum absolute atomic E-state index is 9.57. The van der Waals surface area contributed by atoms with Crippen molar-refractivity contribution in [1.82, 2.24) is 0 Å². The van der Waals surface area contributed by atoms with Crippen LogP contribution in [0.15, 0.2) is 12.1 Å². The molecule has 1 aliphatic carbocycles. The Morgan fingerprint density at radius 2 is 2.25 bits per heavy atom. The van der Waals surface area contributed by atoms with Crippen molar-refractivity contribution in [3.63, 3.8) is 0 Å². The van der Waals surface area contributed by atoms with E-state index in [4.69, 9.17) is 5.73 Å². The van der Waals surface area contributed by atoms with Gasteiger partial charge in [-0.2, -0.15) is 0 Å². The summed E-state index contributed by atoms with van der Waals surface area (Å²) in [7, 11) is 0. The van der Waals surface area contributed by atoms with E-state index in [9.17, 15) is 5.11 Å². The molecule has 0 radical (unpaired) electrons. The molecule has 0 spiro atoms. The van der Waals surface area contributed by atoms with E-state index in [0.717, 1.165) is 27.5 Å². The molecule has 0 aliphatic heterocycles. The third-order valence-corrected chi connectivity index (χ3v) is 2.95. The minimum Gasteiger partial charge on any atom is -0.508 e. The number of phenols is 1. The number of nitrogens with two attached hydrogens (primary N) is 1. The zero-order chi connectivity index (χ0) is 8.72. The Hall–Kier alpha value is -0.290. The van der Waals surface area contributed by atoms with Crippen LogP contribution in [-0.2, 0) is 6.42 Å². The average Bonchev–Trinajstić information content (AvgIpc) is 2.33. The van der Waals surface area contributed by atoms with E-state index in [-0.39, 0.29) is 6.04 Å². The highest BCUT2D eigenvalue weighted by atomic mass is 127. The van der Waals surface area contributed by atoms with Crippen LogP contribution in [0.4, 0.5) is 0 Å². The second-order valence-corrected chi connectivity index (χ2v) is 4.38. The molecule has 1 aromatic carbocycles. The lowest BCUT2D eigenvalue weighted by Gasteiger charge is -2.06. The van der Waals surface area contributed by atoms with Crippen LogP contribution in [0.3, 0.4) is 0 Å². The maximum atomic E-state index is 9.57. The molecule has 1 aromatic rings. The van der Waals surface area contributed by atoms with Gasteiger partial charge in [0, 0.05) is 9.61 Å². The van der Waals surface area contributed by atoms with Crippen LogP contribution < -0.4 is 5.73 Å². The van der Waals surface area contributed by atoms with E-state index in [1.807, 2.05) is 0 Å². The van der Waals surface area contributed by atoms with E-state index in [1.165, 1.54) is 0 Å². The summed E-state index contributed by atoms with van der Waals surface area (Å²) in [5, 5.41) is 9.57. The van der Waals surface area contributed by atoms with Gasteiger partial charge < -0.3 is 10.8 Å². The standard InChI is InChI=1S/C9H10INO/c10-5-3-7-6(9(12)4-5)1-2-8(7)11/h3-4,8,12H,1-2,11H2/t8-/m0/s1. The Kier molecular flexibility index (Phi) is 2.00. The van der Waals surface area contributed by atoms with Gasteiger partial charge in [0.1, 0.15) is 5.75 Å². The summed E-state index contributed by atoms with van der Waals surface area (Å²) in [6.45, 7) is 0. The SMILES string of the molecule is N[C@H]1CCc2c(O)cc(I)cc21. The van der Waals surface area contributed by atoms with Gasteiger partial charge in [0.2, 0.25) is 0 Å². The highest BCUT2D eigenvalue weighted by Gasteiger charge is 2.21. The topological polar surface area (TPSA) is 46.2 Å². The van der Waals surface area contributed by atoms with Crippen molar-refractivity contribution < 1.29 is 5.11 Å². The van der Waals surface area contributed by atoms with Gasteiger partial charge in [0.05, 0.1) is 0 Å². The van der Waals surface area contributed by atoms with Crippen molar-refractivity contribution >= 4 is 22.6 Å². The smallest absolute Gasteiger partial charge is 0.120 e. The highest BCUT2D eigenvalue weighted by molar-refractivity contribution is 14.1. The normalized spacial score (nSPS) is 21.0. The van der Waals surface area contributed by atoms with E-state index >= 15 is 0 Å². The first-order valence-electron chi connectivity index (χ1n) is 3.95. The van der Waals surface area contributed by atoms with Gasteiger partial charge in [-0.05, 0) is 58.7 Å². The third kappa shape index (κ3) is 1.21. The number of fused-ring (bicyclic) bond motifs is 1. The number of rotatable bonds is 0. The molecular formula is C9H10INO. The third-order valence-electron chi connectivity index (χ3n) is 2.33. The maximum Gasteiger partial charge on any atom is 0.120 e.